The lowest BCUT2D eigenvalue weighted by Crippen LogP contribution is -2.43. The van der Waals surface area contributed by atoms with Gasteiger partial charge < -0.3 is 75.0 Å². The van der Waals surface area contributed by atoms with Crippen molar-refractivity contribution in [2.75, 3.05) is 173 Å². The number of anilines is 8. The maximum Gasteiger partial charge on any atom is 0.357 e. The van der Waals surface area contributed by atoms with E-state index < -0.39 is 0 Å². The van der Waals surface area contributed by atoms with Crippen molar-refractivity contribution in [2.24, 2.45) is 0 Å². The maximum atomic E-state index is 13.4. The van der Waals surface area contributed by atoms with Gasteiger partial charge in [-0.1, -0.05) is 34.4 Å². The summed E-state index contributed by atoms with van der Waals surface area (Å²) >= 11 is 3.73. The molecule has 4 saturated heterocycles. The number of aromatic nitrogens is 9. The van der Waals surface area contributed by atoms with Crippen LogP contribution in [0.1, 0.15) is 113 Å². The molecule has 6 aliphatic rings. The molecule has 598 valence electrons. The molecule has 2 aromatic carbocycles. The topological polar surface area (TPSA) is 346 Å². The maximum absolute atomic E-state index is 13.4. The fourth-order valence-electron chi connectivity index (χ4n) is 13.6. The zero-order chi connectivity index (χ0) is 75.9. The van der Waals surface area contributed by atoms with Crippen LogP contribution in [0.5, 0.6) is 23.0 Å². The molecule has 1 unspecified atom stereocenters. The zero-order valence-corrected chi connectivity index (χ0v) is 63.4. The van der Waals surface area contributed by atoms with Crippen LogP contribution in [0.15, 0.2) is 131 Å². The second-order valence-electron chi connectivity index (χ2n) is 26.3. The number of amides is 5. The summed E-state index contributed by atoms with van der Waals surface area (Å²) in [6, 6.07) is 20.4. The van der Waals surface area contributed by atoms with Crippen LogP contribution >= 0.6 is 34.0 Å². The van der Waals surface area contributed by atoms with Crippen LogP contribution in [0.4, 0.5) is 44.4 Å². The van der Waals surface area contributed by atoms with E-state index in [-0.39, 0.29) is 86.6 Å². The van der Waals surface area contributed by atoms with Gasteiger partial charge in [0.2, 0.25) is 11.0 Å². The van der Waals surface area contributed by atoms with E-state index in [1.165, 1.54) is 55.9 Å². The third-order valence-corrected chi connectivity index (χ3v) is 21.7. The molecule has 35 heteroatoms. The molecule has 16 rings (SSSR count). The van der Waals surface area contributed by atoms with Crippen molar-refractivity contribution in [3.05, 3.63) is 171 Å². The van der Waals surface area contributed by atoms with Crippen molar-refractivity contribution in [2.45, 2.75) is 73.0 Å². The number of methoxy groups -OCH3 is 3. The number of benzene rings is 2. The van der Waals surface area contributed by atoms with Gasteiger partial charge in [0.1, 0.15) is 30.3 Å². The normalized spacial score (nSPS) is 16.0. The van der Waals surface area contributed by atoms with Crippen LogP contribution in [0.25, 0.3) is 10.8 Å². The van der Waals surface area contributed by atoms with Gasteiger partial charge in [0.05, 0.1) is 85.7 Å². The monoisotopic (exact) mass is 1600 g/mol. The van der Waals surface area contributed by atoms with E-state index in [4.69, 9.17) is 28.4 Å². The Morgan fingerprint density at radius 2 is 1.04 bits per heavy atom. The van der Waals surface area contributed by atoms with E-state index >= 15 is 0 Å². The average molecular weight is 1600 g/mol. The van der Waals surface area contributed by atoms with Gasteiger partial charge in [-0.2, -0.15) is 4.68 Å². The predicted molar refractivity (Wildman–Crippen MR) is 440 cm³/mol. The largest absolute Gasteiger partial charge is 0.493 e. The molecule has 13 heterocycles. The Bertz CT molecular complexity index is 4950. The summed E-state index contributed by atoms with van der Waals surface area (Å²) in [5.41, 5.74) is 7.91. The summed E-state index contributed by atoms with van der Waals surface area (Å²) < 4.78 is 36.3. The first-order valence-electron chi connectivity index (χ1n) is 36.3. The van der Waals surface area contributed by atoms with Gasteiger partial charge in [-0.15, -0.1) is 39.1 Å². The van der Waals surface area contributed by atoms with E-state index in [0.717, 1.165) is 125 Å². The first kappa shape index (κ1) is 82.9. The van der Waals surface area contributed by atoms with E-state index in [9.17, 15) is 28.8 Å². The van der Waals surface area contributed by atoms with E-state index in [0.29, 0.717) is 107 Å². The van der Waals surface area contributed by atoms with Crippen molar-refractivity contribution >= 4 is 114 Å². The van der Waals surface area contributed by atoms with E-state index in [1.54, 1.807) is 115 Å². The minimum absolute atomic E-state index is 0. The molecule has 5 aliphatic heterocycles. The Balaban J connectivity index is 0.000000167. The second-order valence-corrected chi connectivity index (χ2v) is 28.8. The molecule has 0 radical (unpaired) electrons. The number of fused-ring (bicyclic) bond motifs is 2. The number of rotatable bonds is 24. The van der Waals surface area contributed by atoms with Crippen molar-refractivity contribution in [1.82, 2.24) is 60.0 Å². The molecule has 6 N–H and O–H groups in total. The Hall–Kier alpha value is -11.1. The highest BCUT2D eigenvalue weighted by Crippen LogP contribution is 2.41. The summed E-state index contributed by atoms with van der Waals surface area (Å²) in [7, 11) is 4.84. The molecular formula is C78H96N20O12S3. The molecule has 5 fully saturated rings. The van der Waals surface area contributed by atoms with E-state index in [1.807, 2.05) is 42.5 Å². The van der Waals surface area contributed by atoms with Crippen LogP contribution in [0, 0.1) is 0 Å². The highest BCUT2D eigenvalue weighted by atomic mass is 32.1. The number of piperazine rings is 3. The van der Waals surface area contributed by atoms with Crippen LogP contribution < -0.4 is 81.0 Å². The first-order chi connectivity index (χ1) is 53.9. The fourth-order valence-corrected chi connectivity index (χ4v) is 15.9. The van der Waals surface area contributed by atoms with Gasteiger partial charge in [-0.3, -0.25) is 48.7 Å². The number of hydrogen-bond acceptors (Lipinski definition) is 28. The van der Waals surface area contributed by atoms with Crippen LogP contribution in [-0.2, 0) is 20.8 Å². The van der Waals surface area contributed by atoms with Gasteiger partial charge in [0.25, 0.3) is 23.6 Å². The molecule has 0 bridgehead atoms. The van der Waals surface area contributed by atoms with Crippen molar-refractivity contribution in [3.63, 3.8) is 0 Å². The van der Waals surface area contributed by atoms with Gasteiger partial charge in [-0.25, -0.2) is 24.1 Å². The lowest BCUT2D eigenvalue weighted by atomic mass is 9.98. The SMILES string of the molecule is C.C.C.COCCOc1cc2c(cc1OCCOC)C(=O)N(c1nc(C(=O)Nc3cnccc3N3CCNCC3)cs1)C2.COc1ccc(C2CC(=O)N(c3nc(C(=O)Nc4cnccc4N4CCNCC4)cs3)C2)cc1OC1CCCC1.O=C(Nc1cnccc1N1CCNCC1)c1csc(-n2nc3ccccn3c2=O)n1. The lowest BCUT2D eigenvalue weighted by molar-refractivity contribution is -0.117. The highest BCUT2D eigenvalue weighted by molar-refractivity contribution is 7.14. The Morgan fingerprint density at radius 1 is 0.549 bits per heavy atom. The minimum Gasteiger partial charge on any atom is -0.493 e. The average Bonchev–Trinajstić information content (AvgIpc) is 1.63. The standard InChI is InChI=1S/C29H34N6O4S.C27H32N6O6S.C19H18N8O2S.3CH4/c1-38-25-7-6-19(14-26(25)39-21-4-2-3-5-21)20-15-27(36)35(17-20)29-33-23(18-40-29)28(37)32-22-16-31-9-8-24(22)34-12-10-30-11-13-34;1-36-9-11-38-23-13-18-16-33(26(35)19(18)14-24(23)39-12-10-37-2)27-31-21(17-40-27)25(34)30-20-15-29-4-3-22(20)32-7-5-28-6-8-32;28-17(22-13-11-21-5-4-15(13)25-9-6-20-7-10-25)14-12-30-18(23-14)27-19(29)26-8-2-1-3-16(26)24-27;;;/h6-9,14,16,18,20-21,30H,2-5,10-13,15,17H2,1H3,(H,32,37);3-4,13-15,17,28H,5-12,16H2,1-2H3,(H,30,34);1-5,8,11-12,20H,6-7,9-10H2,(H,22,28);3*1H4. The Labute approximate surface area is 667 Å². The number of thiazole rings is 3. The molecule has 1 atom stereocenters. The Kier molecular flexibility index (Phi) is 28.9. The van der Waals surface area contributed by atoms with Crippen LogP contribution in [0.2, 0.25) is 0 Å². The summed E-state index contributed by atoms with van der Waals surface area (Å²) in [4.78, 5) is 114. The summed E-state index contributed by atoms with van der Waals surface area (Å²) in [5.74, 6) is 1.16. The van der Waals surface area contributed by atoms with Crippen molar-refractivity contribution in [1.29, 1.82) is 0 Å². The van der Waals surface area contributed by atoms with Gasteiger partial charge in [0.15, 0.2) is 38.9 Å². The molecule has 0 spiro atoms. The third kappa shape index (κ3) is 19.7. The molecule has 1 aliphatic carbocycles. The number of pyridine rings is 4. The van der Waals surface area contributed by atoms with Crippen LogP contribution in [-0.4, -0.2) is 213 Å². The fraction of sp³-hybridized carbons (Fsp3) is 0.397. The zero-order valence-electron chi connectivity index (χ0n) is 60.9. The smallest absolute Gasteiger partial charge is 0.357 e. The molecule has 10 aromatic rings. The van der Waals surface area contributed by atoms with Crippen molar-refractivity contribution in [3.8, 4) is 28.1 Å². The van der Waals surface area contributed by atoms with Gasteiger partial charge in [-0.05, 0) is 91.4 Å². The van der Waals surface area contributed by atoms with E-state index in [2.05, 4.69) is 81.6 Å². The van der Waals surface area contributed by atoms with Gasteiger partial charge >= 0.3 is 5.69 Å². The number of nitrogens with one attached hydrogen (secondary N) is 6. The summed E-state index contributed by atoms with van der Waals surface area (Å²) in [5, 5.41) is 29.3. The number of nitrogens with zero attached hydrogens (tertiary/aromatic N) is 14. The minimum atomic E-state index is -0.362. The first-order valence-corrected chi connectivity index (χ1v) is 39.0. The number of ether oxygens (including phenoxy) is 6. The van der Waals surface area contributed by atoms with Gasteiger partial charge in [0, 0.05) is 158 Å². The molecule has 113 heavy (non-hydrogen) atoms. The second kappa shape index (κ2) is 39.4. The molecule has 5 amide bonds. The molecule has 1 saturated carbocycles. The number of carbonyl (C=O) groups excluding carboxylic acids is 5. The highest BCUT2D eigenvalue weighted by Gasteiger charge is 2.36. The number of hydrogen-bond donors (Lipinski definition) is 6. The quantitative estimate of drug-likeness (QED) is 0.0307. The Morgan fingerprint density at radius 3 is 1.53 bits per heavy atom. The molecular weight excluding hydrogens is 1510 g/mol. The van der Waals surface area contributed by atoms with Crippen molar-refractivity contribution < 1.29 is 52.4 Å². The molecule has 8 aromatic heterocycles. The molecule has 32 nitrogen and oxygen atoms in total. The third-order valence-electron chi connectivity index (χ3n) is 19.2. The predicted octanol–water partition coefficient (Wildman–Crippen LogP) is 9.37. The lowest BCUT2D eigenvalue weighted by Gasteiger charge is -2.30. The summed E-state index contributed by atoms with van der Waals surface area (Å²) in [6.07, 6.45) is 16.8. The number of carbonyl (C=O) groups is 5. The summed E-state index contributed by atoms with van der Waals surface area (Å²) in [6.45, 7) is 12.7. The van der Waals surface area contributed by atoms with Crippen LogP contribution in [0.3, 0.4) is 0 Å².